The average Bonchev–Trinajstić information content (AvgIpc) is 2.98. The Morgan fingerprint density at radius 3 is 2.25 bits per heavy atom. The monoisotopic (exact) mass is 405 g/mol. The number of Topliss-reactive ketones (excluding diaryl/α,β-unsaturated/α-hetero) is 2. The van der Waals surface area contributed by atoms with Gasteiger partial charge in [-0.1, -0.05) is 11.6 Å². The van der Waals surface area contributed by atoms with Crippen molar-refractivity contribution < 1.29 is 28.7 Å². The Labute approximate surface area is 167 Å². The lowest BCUT2D eigenvalue weighted by atomic mass is 10.1. The Hall–Kier alpha value is -2.93. The van der Waals surface area contributed by atoms with Gasteiger partial charge in [-0.25, -0.2) is 4.79 Å². The molecule has 1 aromatic carbocycles. The van der Waals surface area contributed by atoms with Crippen molar-refractivity contribution in [2.75, 3.05) is 13.7 Å². The van der Waals surface area contributed by atoms with Gasteiger partial charge in [0.1, 0.15) is 0 Å². The number of carbonyl (C=O) groups excluding carboxylic acids is 4. The molecule has 0 saturated carbocycles. The molecule has 0 aliphatic carbocycles. The number of ketones is 2. The zero-order valence-corrected chi connectivity index (χ0v) is 16.5. The lowest BCUT2D eigenvalue weighted by Crippen LogP contribution is -2.16. The molecule has 0 aliphatic heterocycles. The van der Waals surface area contributed by atoms with Crippen LogP contribution in [-0.4, -0.2) is 42.2 Å². The number of hydrogen-bond donors (Lipinski definition) is 1. The summed E-state index contributed by atoms with van der Waals surface area (Å²) in [7, 11) is 1.25. The number of ether oxygens (including phenoxy) is 2. The number of methoxy groups -OCH3 is 1. The molecule has 0 spiro atoms. The average molecular weight is 406 g/mol. The molecule has 2 rings (SSSR count). The molecule has 1 heterocycles. The van der Waals surface area contributed by atoms with Crippen LogP contribution in [0.3, 0.4) is 0 Å². The Morgan fingerprint density at radius 2 is 1.64 bits per heavy atom. The van der Waals surface area contributed by atoms with Gasteiger partial charge in [-0.15, -0.1) is 0 Å². The van der Waals surface area contributed by atoms with Crippen molar-refractivity contribution in [1.29, 1.82) is 0 Å². The van der Waals surface area contributed by atoms with Crippen molar-refractivity contribution >= 4 is 35.1 Å². The first-order valence-electron chi connectivity index (χ1n) is 8.49. The van der Waals surface area contributed by atoms with Gasteiger partial charge in [0.2, 0.25) is 5.78 Å². The van der Waals surface area contributed by atoms with Crippen molar-refractivity contribution in [2.24, 2.45) is 0 Å². The van der Waals surface area contributed by atoms with Crippen molar-refractivity contribution in [3.05, 3.63) is 57.4 Å². The highest BCUT2D eigenvalue weighted by molar-refractivity contribution is 6.30. The third kappa shape index (κ3) is 5.07. The summed E-state index contributed by atoms with van der Waals surface area (Å²) < 4.78 is 9.65. The molecule has 0 amide bonds. The van der Waals surface area contributed by atoms with E-state index in [0.29, 0.717) is 21.8 Å². The summed E-state index contributed by atoms with van der Waals surface area (Å²) >= 11 is 5.77. The normalized spacial score (nSPS) is 10.4. The Balaban J connectivity index is 1.89. The van der Waals surface area contributed by atoms with Crippen LogP contribution >= 0.6 is 11.6 Å². The largest absolute Gasteiger partial charge is 0.465 e. The number of aryl methyl sites for hydroxylation is 1. The van der Waals surface area contributed by atoms with Crippen molar-refractivity contribution in [1.82, 2.24) is 4.98 Å². The molecule has 7 nitrogen and oxygen atoms in total. The molecule has 0 fully saturated rings. The zero-order valence-electron chi connectivity index (χ0n) is 15.8. The molecule has 0 bridgehead atoms. The molecule has 148 valence electrons. The van der Waals surface area contributed by atoms with Gasteiger partial charge in [0.25, 0.3) is 0 Å². The molecule has 1 aromatic heterocycles. The van der Waals surface area contributed by atoms with Crippen LogP contribution in [0.25, 0.3) is 0 Å². The van der Waals surface area contributed by atoms with Gasteiger partial charge in [0.15, 0.2) is 12.4 Å². The fourth-order valence-corrected chi connectivity index (χ4v) is 2.85. The van der Waals surface area contributed by atoms with Crippen LogP contribution in [0.5, 0.6) is 0 Å². The summed E-state index contributed by atoms with van der Waals surface area (Å²) in [6, 6.07) is 6.34. The molecule has 8 heteroatoms. The summed E-state index contributed by atoms with van der Waals surface area (Å²) in [5.74, 6) is -1.92. The lowest BCUT2D eigenvalue weighted by molar-refractivity contribution is -0.142. The number of carbonyl (C=O) groups is 4. The van der Waals surface area contributed by atoms with E-state index in [1.54, 1.807) is 38.1 Å². The fourth-order valence-electron chi connectivity index (χ4n) is 2.72. The fraction of sp³-hybridized carbons (Fsp3) is 0.300. The standard InChI is InChI=1S/C20H20ClNO6/c1-11-18(20(26)27-3)12(2)22-19(11)16(24)10-28-17(25)9-8-15(23)13-4-6-14(21)7-5-13/h4-7,22H,8-10H2,1-3H3. The molecule has 0 unspecified atom stereocenters. The number of halogens is 1. The smallest absolute Gasteiger partial charge is 0.339 e. The van der Waals surface area contributed by atoms with Gasteiger partial charge in [0, 0.05) is 22.7 Å². The van der Waals surface area contributed by atoms with Gasteiger partial charge in [0.05, 0.1) is 24.8 Å². The van der Waals surface area contributed by atoms with Gasteiger partial charge < -0.3 is 14.5 Å². The first kappa shape index (κ1) is 21.4. The maximum absolute atomic E-state index is 12.3. The molecule has 0 aliphatic rings. The SMILES string of the molecule is COC(=O)c1c(C)[nH]c(C(=O)COC(=O)CCC(=O)c2ccc(Cl)cc2)c1C. The van der Waals surface area contributed by atoms with Crippen molar-refractivity contribution in [2.45, 2.75) is 26.7 Å². The molecule has 0 atom stereocenters. The minimum Gasteiger partial charge on any atom is -0.465 e. The second kappa shape index (κ2) is 9.32. The number of H-pyrrole nitrogens is 1. The van der Waals surface area contributed by atoms with E-state index in [-0.39, 0.29) is 29.9 Å². The quantitative estimate of drug-likeness (QED) is 0.533. The summed E-state index contributed by atoms with van der Waals surface area (Å²) in [6.07, 6.45) is -0.188. The van der Waals surface area contributed by atoms with Crippen LogP contribution in [0, 0.1) is 13.8 Å². The van der Waals surface area contributed by atoms with E-state index in [2.05, 4.69) is 4.98 Å². The second-order valence-corrected chi connectivity index (χ2v) is 6.57. The van der Waals surface area contributed by atoms with Gasteiger partial charge in [-0.05, 0) is 43.7 Å². The van der Waals surface area contributed by atoms with Crippen molar-refractivity contribution in [3.63, 3.8) is 0 Å². The van der Waals surface area contributed by atoms with E-state index in [4.69, 9.17) is 21.1 Å². The molecule has 0 radical (unpaired) electrons. The molecule has 2 aromatic rings. The van der Waals surface area contributed by atoms with Crippen LogP contribution in [-0.2, 0) is 14.3 Å². The third-order valence-corrected chi connectivity index (χ3v) is 4.44. The predicted octanol–water partition coefficient (Wildman–Crippen LogP) is 3.46. The molecule has 1 N–H and O–H groups in total. The van der Waals surface area contributed by atoms with Crippen LogP contribution in [0.2, 0.25) is 5.02 Å². The highest BCUT2D eigenvalue weighted by Crippen LogP contribution is 2.19. The second-order valence-electron chi connectivity index (χ2n) is 6.13. The minimum atomic E-state index is -0.662. The van der Waals surface area contributed by atoms with Crippen LogP contribution in [0.15, 0.2) is 24.3 Å². The van der Waals surface area contributed by atoms with E-state index in [1.807, 2.05) is 0 Å². The number of aromatic amines is 1. The highest BCUT2D eigenvalue weighted by atomic mass is 35.5. The van der Waals surface area contributed by atoms with Crippen molar-refractivity contribution in [3.8, 4) is 0 Å². The Morgan fingerprint density at radius 1 is 1.00 bits per heavy atom. The van der Waals surface area contributed by atoms with E-state index < -0.39 is 24.3 Å². The van der Waals surface area contributed by atoms with Gasteiger partial charge >= 0.3 is 11.9 Å². The predicted molar refractivity (Wildman–Crippen MR) is 102 cm³/mol. The van der Waals surface area contributed by atoms with E-state index >= 15 is 0 Å². The molecular formula is C20H20ClNO6. The summed E-state index contributed by atoms with van der Waals surface area (Å²) in [5, 5.41) is 0.514. The lowest BCUT2D eigenvalue weighted by Gasteiger charge is -2.05. The van der Waals surface area contributed by atoms with Gasteiger partial charge in [-0.3, -0.25) is 14.4 Å². The molecule has 28 heavy (non-hydrogen) atoms. The molecule has 0 saturated heterocycles. The number of benzene rings is 1. The summed E-state index contributed by atoms with van der Waals surface area (Å²) in [5.41, 5.74) is 1.84. The van der Waals surface area contributed by atoms with Gasteiger partial charge in [-0.2, -0.15) is 0 Å². The number of nitrogens with one attached hydrogen (secondary N) is 1. The van der Waals surface area contributed by atoms with E-state index in [9.17, 15) is 19.2 Å². The Bertz CT molecular complexity index is 914. The maximum Gasteiger partial charge on any atom is 0.339 e. The van der Waals surface area contributed by atoms with Crippen LogP contribution in [0.1, 0.15) is 55.3 Å². The first-order valence-corrected chi connectivity index (χ1v) is 8.87. The van der Waals surface area contributed by atoms with E-state index in [0.717, 1.165) is 0 Å². The third-order valence-electron chi connectivity index (χ3n) is 4.19. The number of esters is 2. The first-order chi connectivity index (χ1) is 13.2. The highest BCUT2D eigenvalue weighted by Gasteiger charge is 2.23. The Kier molecular flexibility index (Phi) is 7.12. The summed E-state index contributed by atoms with van der Waals surface area (Å²) in [6.45, 7) is 2.76. The number of aromatic nitrogens is 1. The van der Waals surface area contributed by atoms with Crippen LogP contribution in [0.4, 0.5) is 0 Å². The zero-order chi connectivity index (χ0) is 20.8. The van der Waals surface area contributed by atoms with E-state index in [1.165, 1.54) is 7.11 Å². The number of rotatable bonds is 8. The van der Waals surface area contributed by atoms with Crippen LogP contribution < -0.4 is 0 Å². The maximum atomic E-state index is 12.3. The number of hydrogen-bond acceptors (Lipinski definition) is 6. The molecular weight excluding hydrogens is 386 g/mol. The topological polar surface area (TPSA) is 103 Å². The minimum absolute atomic E-state index is 0.0399. The summed E-state index contributed by atoms with van der Waals surface area (Å²) in [4.78, 5) is 50.8.